The fraction of sp³-hybridized carbons (Fsp3) is 0.208. The van der Waals surface area contributed by atoms with Crippen molar-refractivity contribution in [3.05, 3.63) is 90.0 Å². The van der Waals surface area contributed by atoms with Gasteiger partial charge < -0.3 is 10.1 Å². The van der Waals surface area contributed by atoms with Crippen molar-refractivity contribution < 1.29 is 17.9 Å². The number of nitrogens with zero attached hydrogens (tertiary/aromatic N) is 1. The molecule has 0 heterocycles. The Bertz CT molecular complexity index is 1100. The normalized spacial score (nSPS) is 11.3. The van der Waals surface area contributed by atoms with E-state index in [4.69, 9.17) is 4.74 Å². The molecule has 7 heteroatoms. The maximum atomic E-state index is 13.2. The lowest BCUT2D eigenvalue weighted by molar-refractivity contribution is -0.116. The highest BCUT2D eigenvalue weighted by atomic mass is 32.2. The van der Waals surface area contributed by atoms with E-state index in [0.29, 0.717) is 18.0 Å². The SMILES string of the molecule is CCOc1ccc(NC(=O)CN(Cc2ccc(C)cc2)S(=O)(=O)c2ccccc2)cc1. The number of ether oxygens (including phenoxy) is 1. The van der Waals surface area contributed by atoms with Crippen LogP contribution in [-0.4, -0.2) is 31.8 Å². The van der Waals surface area contributed by atoms with Crippen molar-refractivity contribution in [1.29, 1.82) is 0 Å². The third kappa shape index (κ3) is 6.16. The van der Waals surface area contributed by atoms with Crippen molar-refractivity contribution in [2.24, 2.45) is 0 Å². The minimum absolute atomic E-state index is 0.0915. The standard InChI is InChI=1S/C24H26N2O4S/c1-3-30-22-15-13-21(14-16-22)25-24(27)18-26(17-20-11-9-19(2)10-12-20)31(28,29)23-7-5-4-6-8-23/h4-16H,3,17-18H2,1-2H3,(H,25,27). The van der Waals surface area contributed by atoms with Crippen molar-refractivity contribution in [2.75, 3.05) is 18.5 Å². The highest BCUT2D eigenvalue weighted by molar-refractivity contribution is 7.89. The quantitative estimate of drug-likeness (QED) is 0.543. The average molecular weight is 439 g/mol. The lowest BCUT2D eigenvalue weighted by Crippen LogP contribution is -2.37. The third-order valence-electron chi connectivity index (χ3n) is 4.63. The monoisotopic (exact) mass is 438 g/mol. The Morgan fingerprint density at radius 1 is 0.935 bits per heavy atom. The van der Waals surface area contributed by atoms with Gasteiger partial charge in [-0.15, -0.1) is 0 Å². The number of carbonyl (C=O) groups is 1. The summed E-state index contributed by atoms with van der Waals surface area (Å²) in [6.07, 6.45) is 0. The maximum Gasteiger partial charge on any atom is 0.243 e. The summed E-state index contributed by atoms with van der Waals surface area (Å²) in [6, 6.07) is 22.7. The number of carbonyl (C=O) groups excluding carboxylic acids is 1. The van der Waals surface area contributed by atoms with Crippen LogP contribution in [0.15, 0.2) is 83.8 Å². The topological polar surface area (TPSA) is 75.7 Å². The van der Waals surface area contributed by atoms with Crippen LogP contribution in [0.2, 0.25) is 0 Å². The average Bonchev–Trinajstić information content (AvgIpc) is 2.77. The van der Waals surface area contributed by atoms with E-state index in [2.05, 4.69) is 5.32 Å². The summed E-state index contributed by atoms with van der Waals surface area (Å²) in [7, 11) is -3.86. The molecule has 0 saturated heterocycles. The Hall–Kier alpha value is -3.16. The Kier molecular flexibility index (Phi) is 7.44. The molecule has 0 atom stereocenters. The molecular weight excluding hydrogens is 412 g/mol. The zero-order chi connectivity index (χ0) is 22.3. The number of sulfonamides is 1. The van der Waals surface area contributed by atoms with Crippen LogP contribution >= 0.6 is 0 Å². The van der Waals surface area contributed by atoms with Gasteiger partial charge in [0.1, 0.15) is 5.75 Å². The molecule has 3 aromatic carbocycles. The first-order valence-electron chi connectivity index (χ1n) is 10.0. The van der Waals surface area contributed by atoms with Crippen LogP contribution in [0.3, 0.4) is 0 Å². The summed E-state index contributed by atoms with van der Waals surface area (Å²) < 4.78 is 33.1. The number of aryl methyl sites for hydroxylation is 1. The number of anilines is 1. The van der Waals surface area contributed by atoms with Crippen molar-refractivity contribution in [3.63, 3.8) is 0 Å². The molecule has 0 radical (unpaired) electrons. The number of nitrogens with one attached hydrogen (secondary N) is 1. The highest BCUT2D eigenvalue weighted by Gasteiger charge is 2.26. The van der Waals surface area contributed by atoms with Gasteiger partial charge in [-0.25, -0.2) is 8.42 Å². The number of hydrogen-bond acceptors (Lipinski definition) is 4. The molecule has 0 bridgehead atoms. The van der Waals surface area contributed by atoms with Crippen LogP contribution < -0.4 is 10.1 Å². The predicted octanol–water partition coefficient (Wildman–Crippen LogP) is 4.22. The minimum Gasteiger partial charge on any atom is -0.494 e. The van der Waals surface area contributed by atoms with Crippen molar-refractivity contribution in [3.8, 4) is 5.75 Å². The van der Waals surface area contributed by atoms with Gasteiger partial charge >= 0.3 is 0 Å². The van der Waals surface area contributed by atoms with E-state index in [9.17, 15) is 13.2 Å². The zero-order valence-corrected chi connectivity index (χ0v) is 18.4. The Morgan fingerprint density at radius 2 is 1.58 bits per heavy atom. The molecule has 162 valence electrons. The van der Waals surface area contributed by atoms with Crippen LogP contribution in [0.25, 0.3) is 0 Å². The highest BCUT2D eigenvalue weighted by Crippen LogP contribution is 2.20. The van der Waals surface area contributed by atoms with E-state index in [1.165, 1.54) is 16.4 Å². The van der Waals surface area contributed by atoms with Crippen LogP contribution in [0.5, 0.6) is 5.75 Å². The van der Waals surface area contributed by atoms with E-state index in [1.807, 2.05) is 38.1 Å². The van der Waals surface area contributed by atoms with E-state index in [-0.39, 0.29) is 18.0 Å². The first-order chi connectivity index (χ1) is 14.9. The van der Waals surface area contributed by atoms with Crippen LogP contribution in [0.1, 0.15) is 18.1 Å². The van der Waals surface area contributed by atoms with Crippen LogP contribution in [0.4, 0.5) is 5.69 Å². The van der Waals surface area contributed by atoms with Gasteiger partial charge in [0.15, 0.2) is 0 Å². The molecule has 0 saturated carbocycles. The fourth-order valence-electron chi connectivity index (χ4n) is 3.03. The summed E-state index contributed by atoms with van der Waals surface area (Å²) in [6.45, 7) is 4.20. The fourth-order valence-corrected chi connectivity index (χ4v) is 4.43. The summed E-state index contributed by atoms with van der Waals surface area (Å²) >= 11 is 0. The first-order valence-corrected chi connectivity index (χ1v) is 11.5. The van der Waals surface area contributed by atoms with E-state index < -0.39 is 15.9 Å². The van der Waals surface area contributed by atoms with E-state index in [1.54, 1.807) is 42.5 Å². The predicted molar refractivity (Wildman–Crippen MR) is 121 cm³/mol. The summed E-state index contributed by atoms with van der Waals surface area (Å²) in [5.74, 6) is 0.281. The number of benzene rings is 3. The largest absolute Gasteiger partial charge is 0.494 e. The Morgan fingerprint density at radius 3 is 2.19 bits per heavy atom. The molecule has 1 amide bonds. The van der Waals surface area contributed by atoms with Gasteiger partial charge in [-0.05, 0) is 55.8 Å². The number of rotatable bonds is 9. The van der Waals surface area contributed by atoms with Crippen LogP contribution in [-0.2, 0) is 21.4 Å². The van der Waals surface area contributed by atoms with Crippen LogP contribution in [0, 0.1) is 6.92 Å². The molecule has 0 aliphatic heterocycles. The van der Waals surface area contributed by atoms with Gasteiger partial charge in [0.25, 0.3) is 0 Å². The lowest BCUT2D eigenvalue weighted by Gasteiger charge is -2.22. The molecule has 0 aromatic heterocycles. The van der Waals surface area contributed by atoms with Gasteiger partial charge in [0, 0.05) is 12.2 Å². The Balaban J connectivity index is 1.80. The van der Waals surface area contributed by atoms with Gasteiger partial charge in [0.05, 0.1) is 18.0 Å². The second kappa shape index (κ2) is 10.2. The second-order valence-corrected chi connectivity index (χ2v) is 9.02. The molecule has 0 unspecified atom stereocenters. The molecule has 1 N–H and O–H groups in total. The van der Waals surface area contributed by atoms with Crippen molar-refractivity contribution in [1.82, 2.24) is 4.31 Å². The number of amides is 1. The lowest BCUT2D eigenvalue weighted by atomic mass is 10.1. The molecule has 0 fully saturated rings. The second-order valence-electron chi connectivity index (χ2n) is 7.08. The molecule has 3 aromatic rings. The summed E-state index contributed by atoms with van der Waals surface area (Å²) in [4.78, 5) is 12.9. The van der Waals surface area contributed by atoms with Gasteiger partial charge in [-0.3, -0.25) is 4.79 Å². The molecular formula is C24H26N2O4S. The van der Waals surface area contributed by atoms with Gasteiger partial charge in [-0.2, -0.15) is 4.31 Å². The maximum absolute atomic E-state index is 13.2. The molecule has 0 aliphatic rings. The summed E-state index contributed by atoms with van der Waals surface area (Å²) in [5.41, 5.74) is 2.45. The minimum atomic E-state index is -3.86. The summed E-state index contributed by atoms with van der Waals surface area (Å²) in [5, 5.41) is 2.76. The molecule has 6 nitrogen and oxygen atoms in total. The smallest absolute Gasteiger partial charge is 0.243 e. The molecule has 0 spiro atoms. The van der Waals surface area contributed by atoms with Crippen molar-refractivity contribution >= 4 is 21.6 Å². The van der Waals surface area contributed by atoms with Crippen molar-refractivity contribution in [2.45, 2.75) is 25.3 Å². The third-order valence-corrected chi connectivity index (χ3v) is 6.44. The van der Waals surface area contributed by atoms with E-state index in [0.717, 1.165) is 11.1 Å². The van der Waals surface area contributed by atoms with Gasteiger partial charge in [0.2, 0.25) is 15.9 Å². The molecule has 31 heavy (non-hydrogen) atoms. The van der Waals surface area contributed by atoms with E-state index >= 15 is 0 Å². The zero-order valence-electron chi connectivity index (χ0n) is 17.6. The van der Waals surface area contributed by atoms with Gasteiger partial charge in [-0.1, -0.05) is 48.0 Å². The molecule has 0 aliphatic carbocycles. The first kappa shape index (κ1) is 22.5. The Labute approximate surface area is 183 Å². The number of hydrogen-bond donors (Lipinski definition) is 1. The molecule has 3 rings (SSSR count).